The molecule has 14 heteroatoms. The molecule has 2 aromatic carbocycles. The molecule has 10 nitrogen and oxygen atoms in total. The Kier molecular flexibility index (Phi) is 9.64. The molecule has 0 saturated heterocycles. The second-order valence-electron chi connectivity index (χ2n) is 6.62. The predicted molar refractivity (Wildman–Crippen MR) is 113 cm³/mol. The largest absolute Gasteiger partial charge is 1.00 e. The zero-order chi connectivity index (χ0) is 22.9. The summed E-state index contributed by atoms with van der Waals surface area (Å²) < 4.78 is 67.4. The van der Waals surface area contributed by atoms with Crippen molar-refractivity contribution in [3.05, 3.63) is 90.3 Å². The molecule has 0 spiro atoms. The number of nitrogens with one attached hydrogen (secondary N) is 1. The Morgan fingerprint density at radius 3 is 1.74 bits per heavy atom. The van der Waals surface area contributed by atoms with Gasteiger partial charge in [0, 0.05) is 23.5 Å². The van der Waals surface area contributed by atoms with Crippen LogP contribution in [0.2, 0.25) is 0 Å². The van der Waals surface area contributed by atoms with Gasteiger partial charge in [0.25, 0.3) is 0 Å². The average Bonchev–Trinajstić information content (AvgIpc) is 2.78. The van der Waals surface area contributed by atoms with Crippen molar-refractivity contribution in [3.8, 4) is 0 Å². The van der Waals surface area contributed by atoms with E-state index in [9.17, 15) is 25.9 Å². The zero-order valence-corrected chi connectivity index (χ0v) is 23.7. The van der Waals surface area contributed by atoms with Gasteiger partial charge >= 0.3 is 59.1 Å². The van der Waals surface area contributed by atoms with Gasteiger partial charge in [-0.25, -0.2) is 32.4 Å². The number of hydrazone groups is 1. The van der Waals surface area contributed by atoms with Gasteiger partial charge in [0.2, 0.25) is 0 Å². The quantitative estimate of drug-likeness (QED) is 0.262. The molecule has 0 saturated carbocycles. The molecule has 2 heterocycles. The minimum Gasteiger partial charge on any atom is -0.744 e. The van der Waals surface area contributed by atoms with Gasteiger partial charge in [0.05, 0.1) is 9.79 Å². The Labute approximate surface area is 240 Å². The molecule has 164 valence electrons. The molecule has 1 aliphatic heterocycles. The third-order valence-electron chi connectivity index (χ3n) is 4.55. The van der Waals surface area contributed by atoms with Crippen LogP contribution in [0.15, 0.2) is 94.0 Å². The van der Waals surface area contributed by atoms with E-state index in [0.717, 1.165) is 0 Å². The maximum absolute atomic E-state index is 11.3. The second-order valence-corrected chi connectivity index (χ2v) is 9.38. The number of anilines is 1. The van der Waals surface area contributed by atoms with Crippen molar-refractivity contribution in [2.75, 3.05) is 5.01 Å². The van der Waals surface area contributed by atoms with Crippen LogP contribution in [0.5, 0.6) is 0 Å². The fraction of sp³-hybridized carbons (Fsp3) is 0. The van der Waals surface area contributed by atoms with Crippen LogP contribution in [0.1, 0.15) is 11.1 Å². The van der Waals surface area contributed by atoms with E-state index in [4.69, 9.17) is 0 Å². The van der Waals surface area contributed by atoms with Crippen LogP contribution in [0, 0.1) is 0 Å². The van der Waals surface area contributed by atoms with Crippen molar-refractivity contribution in [2.45, 2.75) is 9.79 Å². The van der Waals surface area contributed by atoms with Crippen molar-refractivity contribution in [1.82, 2.24) is 10.5 Å². The molecule has 0 fully saturated rings. The first-order chi connectivity index (χ1) is 15.1. The molecular formula is C20H14N4Na2O6S2. The summed E-state index contributed by atoms with van der Waals surface area (Å²) in [5, 5.41) is 5.89. The van der Waals surface area contributed by atoms with Gasteiger partial charge in [-0.1, -0.05) is 30.3 Å². The monoisotopic (exact) mass is 516 g/mol. The molecule has 0 aliphatic carbocycles. The van der Waals surface area contributed by atoms with Gasteiger partial charge < -0.3 is 9.11 Å². The fourth-order valence-electron chi connectivity index (χ4n) is 3.01. The van der Waals surface area contributed by atoms with E-state index in [1.54, 1.807) is 30.6 Å². The van der Waals surface area contributed by atoms with Crippen LogP contribution in [-0.4, -0.2) is 36.6 Å². The minimum atomic E-state index is -4.61. The van der Waals surface area contributed by atoms with Crippen LogP contribution < -0.4 is 69.7 Å². The molecule has 0 radical (unpaired) electrons. The molecule has 0 unspecified atom stereocenters. The predicted octanol–water partition coefficient (Wildman–Crippen LogP) is -4.33. The molecule has 0 atom stereocenters. The van der Waals surface area contributed by atoms with Gasteiger partial charge in [-0.15, -0.1) is 0 Å². The number of pyridine rings is 1. The first kappa shape index (κ1) is 28.7. The zero-order valence-electron chi connectivity index (χ0n) is 18.1. The van der Waals surface area contributed by atoms with Crippen LogP contribution in [0.25, 0.3) is 5.57 Å². The van der Waals surface area contributed by atoms with E-state index < -0.39 is 20.2 Å². The van der Waals surface area contributed by atoms with E-state index in [0.29, 0.717) is 28.2 Å². The number of rotatable bonds is 5. The molecular weight excluding hydrogens is 502 g/mol. The Morgan fingerprint density at radius 2 is 1.26 bits per heavy atom. The number of hydrogen-bond donors (Lipinski definition) is 1. The molecule has 1 aromatic heterocycles. The Morgan fingerprint density at radius 1 is 0.735 bits per heavy atom. The van der Waals surface area contributed by atoms with Crippen LogP contribution in [0.4, 0.5) is 5.82 Å². The van der Waals surface area contributed by atoms with Gasteiger partial charge in [-0.3, -0.25) is 0 Å². The third kappa shape index (κ3) is 6.55. The summed E-state index contributed by atoms with van der Waals surface area (Å²) in [5.74, 6) is 0.527. The van der Waals surface area contributed by atoms with E-state index in [1.165, 1.54) is 53.5 Å². The summed E-state index contributed by atoms with van der Waals surface area (Å²) in [7, 11) is -9.21. The summed E-state index contributed by atoms with van der Waals surface area (Å²) in [4.78, 5) is 3.49. The fourth-order valence-corrected chi connectivity index (χ4v) is 3.95. The van der Waals surface area contributed by atoms with Crippen molar-refractivity contribution in [1.29, 1.82) is 0 Å². The molecule has 0 amide bonds. The summed E-state index contributed by atoms with van der Waals surface area (Å²) >= 11 is 0. The number of allylic oxidation sites excluding steroid dienone is 1. The number of aromatic nitrogens is 1. The van der Waals surface area contributed by atoms with E-state index in [-0.39, 0.29) is 68.9 Å². The van der Waals surface area contributed by atoms with Crippen molar-refractivity contribution < 1.29 is 85.1 Å². The Bertz CT molecular complexity index is 1430. The van der Waals surface area contributed by atoms with Gasteiger partial charge in [0.15, 0.2) is 5.82 Å². The average molecular weight is 516 g/mol. The summed E-state index contributed by atoms with van der Waals surface area (Å²) in [6.45, 7) is 0. The molecule has 3 aromatic rings. The van der Waals surface area contributed by atoms with Crippen molar-refractivity contribution >= 4 is 37.3 Å². The minimum absolute atomic E-state index is 0. The standard InChI is InChI=1S/C20H16N4O6S2.2Na/c25-31(26,27)16-8-4-14(5-9-16)18-13-24(19-3-1-2-12-21-19)23-22-20(18)15-6-10-17(11-7-15)32(28,29)30;;/h1-13,23H,(H,25,26,27)(H,28,29,30);;/q;2*+1/p-2. The Balaban J connectivity index is 0.00000204. The van der Waals surface area contributed by atoms with Crippen LogP contribution in [-0.2, 0) is 20.2 Å². The Hall–Kier alpha value is -1.58. The third-order valence-corrected chi connectivity index (χ3v) is 6.25. The van der Waals surface area contributed by atoms with E-state index in [2.05, 4.69) is 15.6 Å². The summed E-state index contributed by atoms with van der Waals surface area (Å²) in [6.07, 6.45) is 3.27. The number of benzene rings is 2. The van der Waals surface area contributed by atoms with Gasteiger partial charge in [0.1, 0.15) is 25.9 Å². The van der Waals surface area contributed by atoms with E-state index in [1.807, 2.05) is 0 Å². The van der Waals surface area contributed by atoms with Crippen LogP contribution in [0.3, 0.4) is 0 Å². The maximum atomic E-state index is 11.3. The molecule has 0 bridgehead atoms. The summed E-state index contributed by atoms with van der Waals surface area (Å²) in [5.41, 5.74) is 4.78. The first-order valence-corrected chi connectivity index (χ1v) is 11.8. The maximum Gasteiger partial charge on any atom is 1.00 e. The topological polar surface area (TPSA) is 155 Å². The van der Waals surface area contributed by atoms with Crippen LogP contribution >= 0.6 is 0 Å². The first-order valence-electron chi connectivity index (χ1n) is 9.01. The molecule has 1 aliphatic rings. The molecule has 34 heavy (non-hydrogen) atoms. The van der Waals surface area contributed by atoms with Gasteiger partial charge in [-0.05, 0) is 42.0 Å². The number of hydrogen-bond acceptors (Lipinski definition) is 10. The number of nitrogens with zero attached hydrogens (tertiary/aromatic N) is 3. The van der Waals surface area contributed by atoms with Crippen molar-refractivity contribution in [3.63, 3.8) is 0 Å². The second kappa shape index (κ2) is 11.4. The normalized spacial score (nSPS) is 13.5. The van der Waals surface area contributed by atoms with Crippen molar-refractivity contribution in [2.24, 2.45) is 5.10 Å². The smallest absolute Gasteiger partial charge is 0.744 e. The molecule has 4 rings (SSSR count). The van der Waals surface area contributed by atoms with E-state index >= 15 is 0 Å². The SMILES string of the molecule is O=S(=O)([O-])c1ccc(C2=CN(c3ccccn3)NN=C2c2ccc(S(=O)(=O)[O-])cc2)cc1.[Na+].[Na+]. The summed E-state index contributed by atoms with van der Waals surface area (Å²) in [6, 6.07) is 15.8. The molecule has 1 N–H and O–H groups in total. The number of hydrazine groups is 1. The van der Waals surface area contributed by atoms with Gasteiger partial charge in [-0.2, -0.15) is 5.10 Å².